The molecule has 0 saturated carbocycles. The van der Waals surface area contributed by atoms with E-state index in [0.717, 1.165) is 5.69 Å². The Bertz CT molecular complexity index is 651. The molecule has 0 unspecified atom stereocenters. The fraction of sp³-hybridized carbons (Fsp3) is 0.308. The second kappa shape index (κ2) is 6.06. The van der Waals surface area contributed by atoms with Gasteiger partial charge in [-0.3, -0.25) is 5.10 Å². The first kappa shape index (κ1) is 14.5. The Labute approximate surface area is 118 Å². The smallest absolute Gasteiger partial charge is 0.242 e. The van der Waals surface area contributed by atoms with Crippen molar-refractivity contribution in [1.82, 2.24) is 14.9 Å². The summed E-state index contributed by atoms with van der Waals surface area (Å²) >= 11 is 0. The Morgan fingerprint density at radius 3 is 2.65 bits per heavy atom. The van der Waals surface area contributed by atoms with E-state index in [0.29, 0.717) is 12.2 Å². The fourth-order valence-electron chi connectivity index (χ4n) is 1.79. The van der Waals surface area contributed by atoms with Crippen molar-refractivity contribution in [3.63, 3.8) is 0 Å². The van der Waals surface area contributed by atoms with Gasteiger partial charge in [0.15, 0.2) is 0 Å². The molecule has 2 rings (SSSR count). The zero-order valence-corrected chi connectivity index (χ0v) is 12.2. The van der Waals surface area contributed by atoms with E-state index in [1.54, 1.807) is 44.3 Å². The molecule has 2 aromatic rings. The third-order valence-corrected chi connectivity index (χ3v) is 4.31. The third kappa shape index (κ3) is 3.58. The lowest BCUT2D eigenvalue weighted by atomic mass is 10.3. The second-order valence-electron chi connectivity index (χ2n) is 4.71. The van der Waals surface area contributed by atoms with Crippen LogP contribution in [-0.4, -0.2) is 24.7 Å². The molecule has 1 heterocycles. The number of para-hydroxylation sites is 1. The van der Waals surface area contributed by atoms with Gasteiger partial charge in [-0.2, -0.15) is 5.10 Å². The number of hydrogen-bond acceptors (Lipinski definition) is 4. The van der Waals surface area contributed by atoms with Crippen LogP contribution in [0.2, 0.25) is 0 Å². The van der Waals surface area contributed by atoms with Crippen molar-refractivity contribution in [3.8, 4) is 0 Å². The van der Waals surface area contributed by atoms with Gasteiger partial charge in [-0.15, -0.1) is 0 Å². The molecule has 6 nitrogen and oxygen atoms in total. The van der Waals surface area contributed by atoms with Gasteiger partial charge in [-0.25, -0.2) is 13.1 Å². The Kier molecular flexibility index (Phi) is 4.41. The minimum absolute atomic E-state index is 0.152. The number of aromatic amines is 1. The van der Waals surface area contributed by atoms with E-state index in [-0.39, 0.29) is 10.9 Å². The largest absolute Gasteiger partial charge is 0.378 e. The van der Waals surface area contributed by atoms with Crippen LogP contribution in [-0.2, 0) is 16.6 Å². The summed E-state index contributed by atoms with van der Waals surface area (Å²) in [5, 5.41) is 9.77. The molecule has 7 heteroatoms. The molecule has 0 amide bonds. The number of nitrogens with zero attached hydrogens (tertiary/aromatic N) is 1. The molecule has 0 bridgehead atoms. The monoisotopic (exact) mass is 294 g/mol. The van der Waals surface area contributed by atoms with Crippen LogP contribution in [0.25, 0.3) is 0 Å². The highest BCUT2D eigenvalue weighted by molar-refractivity contribution is 7.89. The molecule has 1 aromatic carbocycles. The van der Waals surface area contributed by atoms with Crippen molar-refractivity contribution < 1.29 is 8.42 Å². The van der Waals surface area contributed by atoms with Gasteiger partial charge in [0.25, 0.3) is 0 Å². The van der Waals surface area contributed by atoms with Crippen molar-refractivity contribution in [1.29, 1.82) is 0 Å². The predicted molar refractivity (Wildman–Crippen MR) is 77.8 cm³/mol. The van der Waals surface area contributed by atoms with Crippen molar-refractivity contribution in [3.05, 3.63) is 42.2 Å². The highest BCUT2D eigenvalue weighted by atomic mass is 32.2. The molecule has 0 atom stereocenters. The lowest BCUT2D eigenvalue weighted by Crippen LogP contribution is -2.30. The first-order valence-electron chi connectivity index (χ1n) is 6.32. The summed E-state index contributed by atoms with van der Waals surface area (Å²) in [4.78, 5) is 0.244. The van der Waals surface area contributed by atoms with E-state index < -0.39 is 10.0 Å². The Hall–Kier alpha value is -1.86. The van der Waals surface area contributed by atoms with Crippen LogP contribution in [0.3, 0.4) is 0 Å². The van der Waals surface area contributed by atoms with Gasteiger partial charge < -0.3 is 5.32 Å². The second-order valence-corrected chi connectivity index (χ2v) is 6.39. The maximum atomic E-state index is 12.3. The number of benzene rings is 1. The van der Waals surface area contributed by atoms with Crippen molar-refractivity contribution in [2.75, 3.05) is 5.32 Å². The standard InChI is InChI=1S/C13H18N4O2S/c1-10(2)17-20(18,19)13-6-4-3-5-12(13)14-9-11-7-8-15-16-11/h3-8,10,14,17H,9H2,1-2H3,(H,15,16). The lowest BCUT2D eigenvalue weighted by Gasteiger charge is -2.14. The molecular weight excluding hydrogens is 276 g/mol. The van der Waals surface area contributed by atoms with Crippen LogP contribution in [0.15, 0.2) is 41.4 Å². The SMILES string of the molecule is CC(C)NS(=O)(=O)c1ccccc1NCc1ccn[nH]1. The van der Waals surface area contributed by atoms with Gasteiger partial charge in [-0.05, 0) is 32.0 Å². The van der Waals surface area contributed by atoms with E-state index in [2.05, 4.69) is 20.2 Å². The number of anilines is 1. The van der Waals surface area contributed by atoms with E-state index in [1.807, 2.05) is 6.07 Å². The van der Waals surface area contributed by atoms with E-state index in [1.165, 1.54) is 0 Å². The van der Waals surface area contributed by atoms with Crippen LogP contribution in [0, 0.1) is 0 Å². The molecule has 1 aromatic heterocycles. The summed E-state index contributed by atoms with van der Waals surface area (Å²) in [6, 6.07) is 8.50. The highest BCUT2D eigenvalue weighted by Gasteiger charge is 2.18. The zero-order chi connectivity index (χ0) is 14.6. The van der Waals surface area contributed by atoms with Gasteiger partial charge in [0.2, 0.25) is 10.0 Å². The summed E-state index contributed by atoms with van der Waals surface area (Å²) in [5.41, 5.74) is 1.45. The van der Waals surface area contributed by atoms with E-state index in [9.17, 15) is 8.42 Å². The Balaban J connectivity index is 2.22. The van der Waals surface area contributed by atoms with Crippen molar-refractivity contribution in [2.24, 2.45) is 0 Å². The van der Waals surface area contributed by atoms with Crippen LogP contribution in [0.1, 0.15) is 19.5 Å². The molecule has 0 spiro atoms. The summed E-state index contributed by atoms with van der Waals surface area (Å²) in [6.07, 6.45) is 1.65. The number of nitrogens with one attached hydrogen (secondary N) is 3. The number of aromatic nitrogens is 2. The minimum Gasteiger partial charge on any atom is -0.378 e. The summed E-state index contributed by atoms with van der Waals surface area (Å²) in [6.45, 7) is 4.06. The van der Waals surface area contributed by atoms with Crippen molar-refractivity contribution in [2.45, 2.75) is 31.3 Å². The number of H-pyrrole nitrogens is 1. The first-order chi connectivity index (χ1) is 9.49. The molecule has 3 N–H and O–H groups in total. The average Bonchev–Trinajstić information content (AvgIpc) is 2.88. The molecular formula is C13H18N4O2S. The third-order valence-electron chi connectivity index (χ3n) is 2.60. The predicted octanol–water partition coefficient (Wildman–Crippen LogP) is 1.71. The molecule has 108 valence electrons. The van der Waals surface area contributed by atoms with Crippen molar-refractivity contribution >= 4 is 15.7 Å². The molecule has 20 heavy (non-hydrogen) atoms. The molecule has 0 aliphatic heterocycles. The average molecular weight is 294 g/mol. The van der Waals surface area contributed by atoms with E-state index >= 15 is 0 Å². The minimum atomic E-state index is -3.52. The van der Waals surface area contributed by atoms with Gasteiger partial charge in [0.1, 0.15) is 4.90 Å². The topological polar surface area (TPSA) is 86.9 Å². The summed E-state index contributed by atoms with van der Waals surface area (Å²) < 4.78 is 27.1. The van der Waals surface area contributed by atoms with E-state index in [4.69, 9.17) is 0 Å². The van der Waals surface area contributed by atoms with Crippen LogP contribution in [0.5, 0.6) is 0 Å². The van der Waals surface area contributed by atoms with Crippen LogP contribution >= 0.6 is 0 Å². The number of sulfonamides is 1. The maximum Gasteiger partial charge on any atom is 0.242 e. The molecule has 0 saturated heterocycles. The zero-order valence-electron chi connectivity index (χ0n) is 11.4. The number of hydrogen-bond donors (Lipinski definition) is 3. The highest BCUT2D eigenvalue weighted by Crippen LogP contribution is 2.21. The van der Waals surface area contributed by atoms with Gasteiger partial charge in [0.05, 0.1) is 17.9 Å². The van der Waals surface area contributed by atoms with Crippen LogP contribution in [0.4, 0.5) is 5.69 Å². The maximum absolute atomic E-state index is 12.3. The van der Waals surface area contributed by atoms with Crippen LogP contribution < -0.4 is 10.0 Å². The van der Waals surface area contributed by atoms with Gasteiger partial charge in [0, 0.05) is 12.2 Å². The quantitative estimate of drug-likeness (QED) is 0.757. The lowest BCUT2D eigenvalue weighted by molar-refractivity contribution is 0.570. The molecule has 0 radical (unpaired) electrons. The summed E-state index contributed by atoms with van der Waals surface area (Å²) in [5.74, 6) is 0. The Morgan fingerprint density at radius 1 is 1.25 bits per heavy atom. The normalized spacial score (nSPS) is 11.8. The molecule has 0 aliphatic rings. The van der Waals surface area contributed by atoms with Gasteiger partial charge in [-0.1, -0.05) is 12.1 Å². The Morgan fingerprint density at radius 2 is 2.00 bits per heavy atom. The summed E-state index contributed by atoms with van der Waals surface area (Å²) in [7, 11) is -3.52. The first-order valence-corrected chi connectivity index (χ1v) is 7.81. The fourth-order valence-corrected chi connectivity index (χ4v) is 3.23. The van der Waals surface area contributed by atoms with Gasteiger partial charge >= 0.3 is 0 Å². The molecule has 0 aliphatic carbocycles. The molecule has 0 fully saturated rings. The number of rotatable bonds is 6.